The van der Waals surface area contributed by atoms with Crippen LogP contribution in [0, 0.1) is 0 Å². The number of amides is 2. The van der Waals surface area contributed by atoms with Gasteiger partial charge in [-0.3, -0.25) is 9.59 Å². The van der Waals surface area contributed by atoms with Crippen molar-refractivity contribution in [2.75, 3.05) is 13.2 Å². The quantitative estimate of drug-likeness (QED) is 0.320. The Hall–Kier alpha value is -3.02. The molecule has 7 heteroatoms. The summed E-state index contributed by atoms with van der Waals surface area (Å²) in [6.45, 7) is 6.27. The molecule has 1 N–H and O–H groups in total. The molecule has 0 unspecified atom stereocenters. The van der Waals surface area contributed by atoms with Gasteiger partial charge in [0, 0.05) is 35.1 Å². The number of rotatable bonds is 11. The highest BCUT2D eigenvalue weighted by Gasteiger charge is 2.31. The van der Waals surface area contributed by atoms with E-state index in [1.165, 1.54) is 4.90 Å². The Bertz CT molecular complexity index is 1150. The molecule has 0 saturated heterocycles. The van der Waals surface area contributed by atoms with Gasteiger partial charge in [-0.25, -0.2) is 0 Å². The first-order valence-electron chi connectivity index (χ1n) is 12.1. The van der Waals surface area contributed by atoms with Crippen LogP contribution in [0.25, 0.3) is 0 Å². The summed E-state index contributed by atoms with van der Waals surface area (Å²) in [6, 6.07) is 21.7. The third kappa shape index (κ3) is 7.25. The fourth-order valence-electron chi connectivity index (χ4n) is 4.01. The third-order valence-corrected chi connectivity index (χ3v) is 6.61. The molecule has 2 amide bonds. The van der Waals surface area contributed by atoms with Gasteiger partial charge < -0.3 is 15.0 Å². The minimum atomic E-state index is -0.781. The Morgan fingerprint density at radius 2 is 1.56 bits per heavy atom. The van der Waals surface area contributed by atoms with Gasteiger partial charge in [-0.2, -0.15) is 0 Å². The molecular weight excluding hydrogens is 495 g/mol. The average Bonchev–Trinajstić information content (AvgIpc) is 2.87. The number of halogens is 2. The maximum Gasteiger partial charge on any atom is 0.261 e. The zero-order chi connectivity index (χ0) is 26.1. The van der Waals surface area contributed by atoms with Crippen molar-refractivity contribution >= 4 is 35.0 Å². The van der Waals surface area contributed by atoms with Crippen molar-refractivity contribution in [3.05, 3.63) is 99.5 Å². The minimum Gasteiger partial charge on any atom is -0.483 e. The zero-order valence-corrected chi connectivity index (χ0v) is 22.4. The molecule has 0 spiro atoms. The Morgan fingerprint density at radius 3 is 2.19 bits per heavy atom. The second-order valence-electron chi connectivity index (χ2n) is 8.80. The van der Waals surface area contributed by atoms with Gasteiger partial charge in [0.2, 0.25) is 5.91 Å². The third-order valence-electron chi connectivity index (χ3n) is 5.90. The van der Waals surface area contributed by atoms with Crippen LogP contribution in [-0.4, -0.2) is 35.9 Å². The van der Waals surface area contributed by atoms with E-state index in [9.17, 15) is 9.59 Å². The molecular formula is C29H32Cl2N2O3. The van der Waals surface area contributed by atoms with Crippen molar-refractivity contribution in [2.24, 2.45) is 0 Å². The van der Waals surface area contributed by atoms with E-state index in [0.29, 0.717) is 34.3 Å². The number of benzene rings is 3. The van der Waals surface area contributed by atoms with Crippen molar-refractivity contribution in [1.29, 1.82) is 0 Å². The van der Waals surface area contributed by atoms with Crippen LogP contribution in [-0.2, 0) is 22.6 Å². The van der Waals surface area contributed by atoms with Crippen LogP contribution in [0.4, 0.5) is 0 Å². The molecule has 0 bridgehead atoms. The van der Waals surface area contributed by atoms with Crippen LogP contribution in [0.1, 0.15) is 43.4 Å². The molecule has 0 aliphatic carbocycles. The Morgan fingerprint density at radius 1 is 0.917 bits per heavy atom. The van der Waals surface area contributed by atoms with E-state index < -0.39 is 6.04 Å². The summed E-state index contributed by atoms with van der Waals surface area (Å²) in [6.07, 6.45) is 0.336. The van der Waals surface area contributed by atoms with Gasteiger partial charge in [0.25, 0.3) is 5.91 Å². The number of para-hydroxylation sites is 1. The van der Waals surface area contributed by atoms with Crippen LogP contribution >= 0.6 is 23.2 Å². The lowest BCUT2D eigenvalue weighted by Crippen LogP contribution is -2.51. The van der Waals surface area contributed by atoms with Gasteiger partial charge in [-0.1, -0.05) is 91.6 Å². The van der Waals surface area contributed by atoms with Crippen LogP contribution < -0.4 is 10.1 Å². The van der Waals surface area contributed by atoms with E-state index in [-0.39, 0.29) is 30.9 Å². The first-order valence-corrected chi connectivity index (χ1v) is 12.8. The van der Waals surface area contributed by atoms with Crippen LogP contribution in [0.15, 0.2) is 72.8 Å². The molecule has 0 aromatic heterocycles. The van der Waals surface area contributed by atoms with Gasteiger partial charge >= 0.3 is 0 Å². The molecule has 0 aliphatic heterocycles. The number of carbonyl (C=O) groups excluding carboxylic acids is 2. The van der Waals surface area contributed by atoms with E-state index >= 15 is 0 Å². The molecule has 1 atom stereocenters. The van der Waals surface area contributed by atoms with Crippen molar-refractivity contribution in [1.82, 2.24) is 10.2 Å². The molecule has 0 heterocycles. The van der Waals surface area contributed by atoms with Gasteiger partial charge in [0.15, 0.2) is 6.61 Å². The number of hydrogen-bond donors (Lipinski definition) is 1. The van der Waals surface area contributed by atoms with E-state index in [2.05, 4.69) is 19.2 Å². The lowest BCUT2D eigenvalue weighted by molar-refractivity contribution is -0.142. The molecule has 0 saturated carbocycles. The fraction of sp³-hybridized carbons (Fsp3) is 0.310. The number of nitrogens with one attached hydrogen (secondary N) is 1. The summed E-state index contributed by atoms with van der Waals surface area (Å²) < 4.78 is 5.99. The van der Waals surface area contributed by atoms with E-state index in [0.717, 1.165) is 11.1 Å². The lowest BCUT2D eigenvalue weighted by Gasteiger charge is -2.32. The summed E-state index contributed by atoms with van der Waals surface area (Å²) in [5, 5.41) is 3.74. The SMILES string of the molecule is CCNC(=O)[C@H](Cc1ccccc1)N(Cc1c(Cl)cccc1Cl)C(=O)COc1ccccc1C(C)C. The van der Waals surface area contributed by atoms with Gasteiger partial charge in [-0.15, -0.1) is 0 Å². The van der Waals surface area contributed by atoms with Crippen LogP contribution in [0.3, 0.4) is 0 Å². The van der Waals surface area contributed by atoms with Crippen LogP contribution in [0.2, 0.25) is 10.0 Å². The second kappa shape index (κ2) is 13.3. The normalized spacial score (nSPS) is 11.7. The van der Waals surface area contributed by atoms with Gasteiger partial charge in [0.05, 0.1) is 0 Å². The average molecular weight is 527 g/mol. The predicted molar refractivity (Wildman–Crippen MR) is 146 cm³/mol. The standard InChI is InChI=1S/C29H32Cl2N2O3/c1-4-32-29(35)26(17-21-11-6-5-7-12-21)33(18-23-24(30)14-10-15-25(23)31)28(34)19-36-27-16-9-8-13-22(27)20(2)3/h5-16,20,26H,4,17-19H2,1-3H3,(H,32,35)/t26-/m0/s1. The number of carbonyl (C=O) groups is 2. The molecule has 0 radical (unpaired) electrons. The number of hydrogen-bond acceptors (Lipinski definition) is 3. The molecule has 3 rings (SSSR count). The van der Waals surface area contributed by atoms with Crippen molar-refractivity contribution in [3.8, 4) is 5.75 Å². The summed E-state index contributed by atoms with van der Waals surface area (Å²) in [7, 11) is 0. The Balaban J connectivity index is 1.96. The highest BCUT2D eigenvalue weighted by Crippen LogP contribution is 2.28. The highest BCUT2D eigenvalue weighted by molar-refractivity contribution is 6.36. The predicted octanol–water partition coefficient (Wildman–Crippen LogP) is 6.27. The molecule has 36 heavy (non-hydrogen) atoms. The van der Waals surface area contributed by atoms with E-state index in [1.54, 1.807) is 18.2 Å². The topological polar surface area (TPSA) is 58.6 Å². The zero-order valence-electron chi connectivity index (χ0n) is 20.8. The summed E-state index contributed by atoms with van der Waals surface area (Å²) in [4.78, 5) is 28.5. The smallest absolute Gasteiger partial charge is 0.261 e. The first-order chi connectivity index (χ1) is 17.3. The first kappa shape index (κ1) is 27.6. The highest BCUT2D eigenvalue weighted by atomic mass is 35.5. The number of likely N-dealkylation sites (N-methyl/N-ethyl adjacent to an activating group) is 1. The minimum absolute atomic E-state index is 0.0706. The molecule has 190 valence electrons. The second-order valence-corrected chi connectivity index (χ2v) is 9.62. The van der Waals surface area contributed by atoms with Crippen molar-refractivity contribution in [3.63, 3.8) is 0 Å². The molecule has 0 fully saturated rings. The summed E-state index contributed by atoms with van der Waals surface area (Å²) >= 11 is 12.9. The van der Waals surface area contributed by atoms with Gasteiger partial charge in [0.1, 0.15) is 11.8 Å². The molecule has 5 nitrogen and oxygen atoms in total. The number of ether oxygens (including phenoxy) is 1. The van der Waals surface area contributed by atoms with Crippen molar-refractivity contribution in [2.45, 2.75) is 45.7 Å². The fourth-order valence-corrected chi connectivity index (χ4v) is 4.53. The number of nitrogens with zero attached hydrogens (tertiary/aromatic N) is 1. The van der Waals surface area contributed by atoms with E-state index in [4.69, 9.17) is 27.9 Å². The maximum atomic E-state index is 13.7. The lowest BCUT2D eigenvalue weighted by atomic mass is 10.0. The Kier molecular flexibility index (Phi) is 10.2. The summed E-state index contributed by atoms with van der Waals surface area (Å²) in [5.74, 6) is 0.293. The van der Waals surface area contributed by atoms with E-state index in [1.807, 2.05) is 61.5 Å². The van der Waals surface area contributed by atoms with Gasteiger partial charge in [-0.05, 0) is 42.2 Å². The maximum absolute atomic E-state index is 13.7. The Labute approximate surface area is 223 Å². The largest absolute Gasteiger partial charge is 0.483 e. The molecule has 3 aromatic carbocycles. The van der Waals surface area contributed by atoms with Crippen LogP contribution in [0.5, 0.6) is 5.75 Å². The van der Waals surface area contributed by atoms with Crippen molar-refractivity contribution < 1.29 is 14.3 Å². The monoisotopic (exact) mass is 526 g/mol. The summed E-state index contributed by atoms with van der Waals surface area (Å²) in [5.41, 5.74) is 2.53. The molecule has 0 aliphatic rings. The molecule has 3 aromatic rings.